The Morgan fingerprint density at radius 1 is 1.53 bits per heavy atom. The highest BCUT2D eigenvalue weighted by molar-refractivity contribution is 7.84. The molecule has 0 saturated heterocycles. The predicted molar refractivity (Wildman–Crippen MR) is 67.9 cm³/mol. The van der Waals surface area contributed by atoms with Crippen molar-refractivity contribution in [3.63, 3.8) is 0 Å². The predicted octanol–water partition coefficient (Wildman–Crippen LogP) is -0.134. The molecule has 1 aromatic heterocycles. The molecule has 6 nitrogen and oxygen atoms in total. The monoisotopic (exact) mass is 256 g/mol. The first kappa shape index (κ1) is 13.6. The zero-order valence-corrected chi connectivity index (χ0v) is 10.4. The summed E-state index contributed by atoms with van der Waals surface area (Å²) in [6, 6.07) is 3.26. The molecular formula is C10H16N4O2S. The number of carbonyl (C=O) groups excluding carboxylic acids is 1. The molecule has 0 bridgehead atoms. The summed E-state index contributed by atoms with van der Waals surface area (Å²) < 4.78 is 10.8. The molecule has 0 aromatic carbocycles. The minimum Gasteiger partial charge on any atom is -0.352 e. The van der Waals surface area contributed by atoms with Crippen molar-refractivity contribution in [2.45, 2.75) is 6.42 Å². The molecule has 94 valence electrons. The van der Waals surface area contributed by atoms with Crippen LogP contribution in [0.3, 0.4) is 0 Å². The maximum absolute atomic E-state index is 11.6. The first-order valence-electron chi connectivity index (χ1n) is 5.14. The van der Waals surface area contributed by atoms with Gasteiger partial charge in [0.05, 0.1) is 5.56 Å². The summed E-state index contributed by atoms with van der Waals surface area (Å²) in [4.78, 5) is 15.5. The molecule has 1 atom stereocenters. The number of rotatable bonds is 6. The quantitative estimate of drug-likeness (QED) is 0.374. The van der Waals surface area contributed by atoms with Gasteiger partial charge in [0.15, 0.2) is 0 Å². The Hall–Kier alpha value is -1.47. The average Bonchev–Trinajstić information content (AvgIpc) is 2.34. The lowest BCUT2D eigenvalue weighted by atomic mass is 10.2. The summed E-state index contributed by atoms with van der Waals surface area (Å²) in [5.41, 5.74) is 2.85. The maximum Gasteiger partial charge on any atom is 0.252 e. The van der Waals surface area contributed by atoms with Crippen LogP contribution in [0.4, 0.5) is 5.82 Å². The van der Waals surface area contributed by atoms with Crippen molar-refractivity contribution < 1.29 is 9.00 Å². The van der Waals surface area contributed by atoms with Gasteiger partial charge >= 0.3 is 0 Å². The van der Waals surface area contributed by atoms with Gasteiger partial charge in [0.2, 0.25) is 0 Å². The second-order valence-electron chi connectivity index (χ2n) is 3.46. The smallest absolute Gasteiger partial charge is 0.252 e. The summed E-state index contributed by atoms with van der Waals surface area (Å²) in [5.74, 6) is 6.06. The third-order valence-corrected chi connectivity index (χ3v) is 2.93. The summed E-state index contributed by atoms with van der Waals surface area (Å²) in [7, 11) is -0.815. The fourth-order valence-electron chi connectivity index (χ4n) is 1.19. The maximum atomic E-state index is 11.6. The summed E-state index contributed by atoms with van der Waals surface area (Å²) in [6.45, 7) is 0.509. The SMILES string of the molecule is CS(=O)CCCNC(=O)c1ccc(NN)nc1. The number of hydrogen-bond donors (Lipinski definition) is 3. The number of hydrogen-bond acceptors (Lipinski definition) is 5. The van der Waals surface area contributed by atoms with Crippen LogP contribution in [-0.4, -0.2) is 33.7 Å². The van der Waals surface area contributed by atoms with E-state index in [1.165, 1.54) is 6.20 Å². The number of nitrogens with one attached hydrogen (secondary N) is 2. The Morgan fingerprint density at radius 3 is 2.82 bits per heavy atom. The van der Waals surface area contributed by atoms with E-state index in [0.29, 0.717) is 30.1 Å². The molecule has 1 aromatic rings. The lowest BCUT2D eigenvalue weighted by molar-refractivity contribution is 0.0953. The molecule has 0 fully saturated rings. The standard InChI is InChI=1S/C10H16N4O2S/c1-17(16)6-2-5-12-10(15)8-3-4-9(14-11)13-7-8/h3-4,7H,2,5-6,11H2,1H3,(H,12,15)(H,13,14). The molecule has 1 amide bonds. The first-order chi connectivity index (χ1) is 8.13. The minimum absolute atomic E-state index is 0.192. The molecule has 0 aliphatic heterocycles. The zero-order valence-electron chi connectivity index (χ0n) is 9.60. The van der Waals surface area contributed by atoms with Crippen LogP contribution in [0.25, 0.3) is 0 Å². The zero-order chi connectivity index (χ0) is 12.7. The molecular weight excluding hydrogens is 240 g/mol. The van der Waals surface area contributed by atoms with Crippen LogP contribution in [-0.2, 0) is 10.8 Å². The highest BCUT2D eigenvalue weighted by Crippen LogP contribution is 2.03. The number of nitrogens with zero attached hydrogens (tertiary/aromatic N) is 1. The van der Waals surface area contributed by atoms with Crippen molar-refractivity contribution in [3.05, 3.63) is 23.9 Å². The Labute approximate surface area is 102 Å². The van der Waals surface area contributed by atoms with Crippen molar-refractivity contribution in [2.24, 2.45) is 5.84 Å². The number of carbonyl (C=O) groups is 1. The third kappa shape index (κ3) is 4.92. The second-order valence-corrected chi connectivity index (χ2v) is 5.02. The fourth-order valence-corrected chi connectivity index (χ4v) is 1.74. The van der Waals surface area contributed by atoms with Crippen LogP contribution in [0.1, 0.15) is 16.8 Å². The van der Waals surface area contributed by atoms with Gasteiger partial charge in [0.1, 0.15) is 5.82 Å². The lowest BCUT2D eigenvalue weighted by Gasteiger charge is -2.05. The molecule has 1 heterocycles. The topological polar surface area (TPSA) is 97.1 Å². The first-order valence-corrected chi connectivity index (χ1v) is 6.87. The number of aromatic nitrogens is 1. The molecule has 0 spiro atoms. The van der Waals surface area contributed by atoms with Crippen molar-refractivity contribution in [3.8, 4) is 0 Å². The highest BCUT2D eigenvalue weighted by Gasteiger charge is 2.05. The van der Waals surface area contributed by atoms with Gasteiger partial charge in [-0.1, -0.05) is 0 Å². The van der Waals surface area contributed by atoms with E-state index < -0.39 is 10.8 Å². The fraction of sp³-hybridized carbons (Fsp3) is 0.400. The van der Waals surface area contributed by atoms with Crippen molar-refractivity contribution in [1.29, 1.82) is 0 Å². The summed E-state index contributed by atoms with van der Waals surface area (Å²) in [5, 5.41) is 2.73. The van der Waals surface area contributed by atoms with E-state index >= 15 is 0 Å². The molecule has 0 saturated carbocycles. The van der Waals surface area contributed by atoms with E-state index in [9.17, 15) is 9.00 Å². The van der Waals surface area contributed by atoms with Gasteiger partial charge in [0.25, 0.3) is 5.91 Å². The van der Waals surface area contributed by atoms with E-state index in [4.69, 9.17) is 5.84 Å². The van der Waals surface area contributed by atoms with Gasteiger partial charge < -0.3 is 10.7 Å². The van der Waals surface area contributed by atoms with E-state index in [2.05, 4.69) is 15.7 Å². The summed E-state index contributed by atoms with van der Waals surface area (Å²) in [6.07, 6.45) is 3.79. The Bertz CT molecular complexity index is 394. The number of pyridine rings is 1. The van der Waals surface area contributed by atoms with Crippen LogP contribution >= 0.6 is 0 Å². The van der Waals surface area contributed by atoms with E-state index in [1.807, 2.05) is 0 Å². The van der Waals surface area contributed by atoms with Gasteiger partial charge in [-0.05, 0) is 18.6 Å². The van der Waals surface area contributed by atoms with Crippen molar-refractivity contribution in [1.82, 2.24) is 10.3 Å². The summed E-state index contributed by atoms with van der Waals surface area (Å²) >= 11 is 0. The number of hydrazine groups is 1. The molecule has 0 radical (unpaired) electrons. The van der Waals surface area contributed by atoms with E-state index in [-0.39, 0.29) is 5.91 Å². The molecule has 7 heteroatoms. The number of amides is 1. The molecule has 1 unspecified atom stereocenters. The number of nitrogen functional groups attached to an aromatic ring is 1. The molecule has 0 aliphatic rings. The average molecular weight is 256 g/mol. The highest BCUT2D eigenvalue weighted by atomic mass is 32.2. The minimum atomic E-state index is -0.815. The van der Waals surface area contributed by atoms with Crippen LogP contribution in [0.15, 0.2) is 18.3 Å². The van der Waals surface area contributed by atoms with Crippen molar-refractivity contribution in [2.75, 3.05) is 24.0 Å². The second kappa shape index (κ2) is 6.97. The van der Waals surface area contributed by atoms with E-state index in [0.717, 1.165) is 0 Å². The Kier molecular flexibility index (Phi) is 5.58. The number of anilines is 1. The molecule has 0 aliphatic carbocycles. The third-order valence-electron chi connectivity index (χ3n) is 2.07. The Balaban J connectivity index is 2.38. The van der Waals surface area contributed by atoms with Crippen LogP contribution < -0.4 is 16.6 Å². The Morgan fingerprint density at radius 2 is 2.29 bits per heavy atom. The van der Waals surface area contributed by atoms with Crippen molar-refractivity contribution >= 4 is 22.5 Å². The van der Waals surface area contributed by atoms with Gasteiger partial charge in [0, 0.05) is 35.5 Å². The molecule has 4 N–H and O–H groups in total. The van der Waals surface area contributed by atoms with Gasteiger partial charge in [-0.15, -0.1) is 0 Å². The van der Waals surface area contributed by atoms with Crippen LogP contribution in [0.2, 0.25) is 0 Å². The lowest BCUT2D eigenvalue weighted by Crippen LogP contribution is -2.25. The van der Waals surface area contributed by atoms with Gasteiger partial charge in [-0.3, -0.25) is 9.00 Å². The molecule has 1 rings (SSSR count). The molecule has 17 heavy (non-hydrogen) atoms. The van der Waals surface area contributed by atoms with E-state index in [1.54, 1.807) is 18.4 Å². The normalized spacial score (nSPS) is 11.9. The number of nitrogens with two attached hydrogens (primary N) is 1. The van der Waals surface area contributed by atoms with Crippen LogP contribution in [0, 0.1) is 0 Å². The van der Waals surface area contributed by atoms with Gasteiger partial charge in [-0.2, -0.15) is 0 Å². The largest absolute Gasteiger partial charge is 0.352 e. The van der Waals surface area contributed by atoms with Gasteiger partial charge in [-0.25, -0.2) is 10.8 Å². The van der Waals surface area contributed by atoms with Crippen LogP contribution in [0.5, 0.6) is 0 Å².